The van der Waals surface area contributed by atoms with Crippen LogP contribution in [0.15, 0.2) is 65.1 Å². The predicted molar refractivity (Wildman–Crippen MR) is 126 cm³/mol. The smallest absolute Gasteiger partial charge is 0.239 e. The first-order chi connectivity index (χ1) is 15.2. The van der Waals surface area contributed by atoms with Crippen LogP contribution in [0.4, 0.5) is 5.69 Å². The van der Waals surface area contributed by atoms with Gasteiger partial charge in [-0.1, -0.05) is 37.6 Å². The van der Waals surface area contributed by atoms with Crippen LogP contribution in [0.25, 0.3) is 33.3 Å². The third-order valence-electron chi connectivity index (χ3n) is 5.31. The molecule has 160 valence electrons. The van der Waals surface area contributed by atoms with E-state index in [1.807, 2.05) is 30.3 Å². The number of hydrogen-bond acceptors (Lipinski definition) is 5. The van der Waals surface area contributed by atoms with Gasteiger partial charge in [0.25, 0.3) is 0 Å². The average molecular weight is 417 g/mol. The quantitative estimate of drug-likeness (QED) is 0.424. The van der Waals surface area contributed by atoms with E-state index in [4.69, 9.17) is 10.2 Å². The molecule has 6 nitrogen and oxygen atoms in total. The van der Waals surface area contributed by atoms with E-state index < -0.39 is 0 Å². The Bertz CT molecular complexity index is 1150. The minimum atomic E-state index is -0.00652. The highest BCUT2D eigenvalue weighted by atomic mass is 16.3. The average Bonchev–Trinajstić information content (AvgIpc) is 3.24. The fourth-order valence-corrected chi connectivity index (χ4v) is 3.65. The Labute approximate surface area is 182 Å². The van der Waals surface area contributed by atoms with Crippen molar-refractivity contribution in [2.75, 3.05) is 31.1 Å². The summed E-state index contributed by atoms with van der Waals surface area (Å²) in [7, 11) is 0. The summed E-state index contributed by atoms with van der Waals surface area (Å²) in [5.74, 6) is 0.612. The van der Waals surface area contributed by atoms with Gasteiger partial charge in [0.05, 0.1) is 6.54 Å². The molecule has 0 spiro atoms. The number of para-hydroxylation sites is 2. The minimum Gasteiger partial charge on any atom is -0.436 e. The molecule has 0 fully saturated rings. The van der Waals surface area contributed by atoms with E-state index in [1.54, 1.807) is 0 Å². The summed E-state index contributed by atoms with van der Waals surface area (Å²) in [5.41, 5.74) is 9.12. The van der Waals surface area contributed by atoms with Crippen molar-refractivity contribution in [1.29, 1.82) is 0 Å². The fourth-order valence-electron chi connectivity index (χ4n) is 3.65. The molecule has 31 heavy (non-hydrogen) atoms. The summed E-state index contributed by atoms with van der Waals surface area (Å²) < 4.78 is 5.91. The molecule has 6 heteroatoms. The van der Waals surface area contributed by atoms with Gasteiger partial charge in [0.2, 0.25) is 11.8 Å². The van der Waals surface area contributed by atoms with Crippen LogP contribution in [0.2, 0.25) is 0 Å². The number of nitrogens with zero attached hydrogens (tertiary/aromatic N) is 2. The monoisotopic (exact) mass is 416 g/mol. The third-order valence-corrected chi connectivity index (χ3v) is 5.31. The van der Waals surface area contributed by atoms with Gasteiger partial charge < -0.3 is 20.4 Å². The van der Waals surface area contributed by atoms with Crippen LogP contribution < -0.4 is 16.0 Å². The highest BCUT2D eigenvalue weighted by Gasteiger charge is 2.13. The summed E-state index contributed by atoms with van der Waals surface area (Å²) in [6, 6.07) is 20.3. The number of hydrogen-bond donors (Lipinski definition) is 2. The van der Waals surface area contributed by atoms with Gasteiger partial charge >= 0.3 is 0 Å². The Morgan fingerprint density at radius 1 is 1.10 bits per heavy atom. The van der Waals surface area contributed by atoms with Crippen LogP contribution in [0, 0.1) is 0 Å². The molecule has 3 N–H and O–H groups in total. The molecule has 0 aliphatic rings. The molecule has 0 saturated carbocycles. The number of carbonyl (C=O) groups is 1. The molecular weight excluding hydrogens is 388 g/mol. The Balaban J connectivity index is 1.60. The summed E-state index contributed by atoms with van der Waals surface area (Å²) in [6.07, 6.45) is 2.10. The highest BCUT2D eigenvalue weighted by Crippen LogP contribution is 2.29. The zero-order valence-electron chi connectivity index (χ0n) is 17.8. The van der Waals surface area contributed by atoms with Crippen LogP contribution in [-0.2, 0) is 4.79 Å². The Morgan fingerprint density at radius 2 is 1.90 bits per heavy atom. The van der Waals surface area contributed by atoms with Crippen LogP contribution >= 0.6 is 0 Å². The number of fused-ring (bicyclic) bond motifs is 2. The molecule has 0 radical (unpaired) electrons. The van der Waals surface area contributed by atoms with E-state index in [2.05, 4.69) is 52.5 Å². The second kappa shape index (κ2) is 9.62. The van der Waals surface area contributed by atoms with Gasteiger partial charge in [0.1, 0.15) is 5.52 Å². The van der Waals surface area contributed by atoms with Gasteiger partial charge in [-0.3, -0.25) is 4.79 Å². The summed E-state index contributed by atoms with van der Waals surface area (Å²) in [6.45, 7) is 4.25. The molecule has 4 aromatic rings. The number of nitrogens with two attached hydrogens (primary N) is 1. The largest absolute Gasteiger partial charge is 0.436 e. The first kappa shape index (κ1) is 20.9. The van der Waals surface area contributed by atoms with Gasteiger partial charge in [-0.05, 0) is 53.6 Å². The van der Waals surface area contributed by atoms with Crippen molar-refractivity contribution in [3.8, 4) is 11.5 Å². The van der Waals surface area contributed by atoms with E-state index in [1.165, 1.54) is 0 Å². The van der Waals surface area contributed by atoms with E-state index in [0.717, 1.165) is 52.5 Å². The number of carbonyl (C=O) groups excluding carboxylic acids is 1. The normalized spacial score (nSPS) is 11.2. The standard InChI is InChI=1S/C25H28N4O2/c1-2-3-14-29(17-24(30)27-13-12-26)21-11-10-18-15-20(9-8-19(18)16-21)25-28-22-6-4-5-7-23(22)31-25/h4-11,15-16H,2-3,12-14,17,26H2,1H3,(H,27,30). The second-order valence-electron chi connectivity index (χ2n) is 7.65. The molecule has 0 aliphatic heterocycles. The number of oxazole rings is 1. The number of unbranched alkanes of at least 4 members (excludes halogenated alkanes) is 1. The van der Waals surface area contributed by atoms with Crippen LogP contribution in [0.1, 0.15) is 19.8 Å². The maximum Gasteiger partial charge on any atom is 0.239 e. The molecule has 4 rings (SSSR count). The molecule has 3 aromatic carbocycles. The number of amides is 1. The number of rotatable bonds is 9. The van der Waals surface area contributed by atoms with Crippen LogP contribution in [-0.4, -0.2) is 37.1 Å². The summed E-state index contributed by atoms with van der Waals surface area (Å²) in [4.78, 5) is 19.0. The van der Waals surface area contributed by atoms with Crippen molar-refractivity contribution in [3.63, 3.8) is 0 Å². The van der Waals surface area contributed by atoms with Crippen molar-refractivity contribution in [3.05, 3.63) is 60.7 Å². The first-order valence-corrected chi connectivity index (χ1v) is 10.8. The first-order valence-electron chi connectivity index (χ1n) is 10.8. The lowest BCUT2D eigenvalue weighted by Gasteiger charge is -2.24. The van der Waals surface area contributed by atoms with Crippen molar-refractivity contribution < 1.29 is 9.21 Å². The van der Waals surface area contributed by atoms with Crippen molar-refractivity contribution in [2.45, 2.75) is 19.8 Å². The number of anilines is 1. The van der Waals surface area contributed by atoms with Crippen molar-refractivity contribution in [1.82, 2.24) is 10.3 Å². The topological polar surface area (TPSA) is 84.4 Å². The number of nitrogens with one attached hydrogen (secondary N) is 1. The second-order valence-corrected chi connectivity index (χ2v) is 7.65. The van der Waals surface area contributed by atoms with Gasteiger partial charge in [-0.2, -0.15) is 0 Å². The van der Waals surface area contributed by atoms with E-state index in [-0.39, 0.29) is 5.91 Å². The molecule has 1 amide bonds. The molecule has 0 atom stereocenters. The highest BCUT2D eigenvalue weighted by molar-refractivity contribution is 5.90. The molecule has 0 unspecified atom stereocenters. The summed E-state index contributed by atoms with van der Waals surface area (Å²) in [5, 5.41) is 5.08. The minimum absolute atomic E-state index is 0.00652. The SMILES string of the molecule is CCCCN(CC(=O)NCCN)c1ccc2cc(-c3nc4ccccc4o3)ccc2c1. The molecule has 1 aromatic heterocycles. The number of aromatic nitrogens is 1. The van der Waals surface area contributed by atoms with Gasteiger partial charge in [-0.15, -0.1) is 0 Å². The lowest BCUT2D eigenvalue weighted by Crippen LogP contribution is -2.39. The lowest BCUT2D eigenvalue weighted by molar-refractivity contribution is -0.119. The van der Waals surface area contributed by atoms with Crippen molar-refractivity contribution >= 4 is 33.5 Å². The molecular formula is C25H28N4O2. The Hall–Kier alpha value is -3.38. The predicted octanol–water partition coefficient (Wildman–Crippen LogP) is 4.33. The zero-order chi connectivity index (χ0) is 21.6. The third kappa shape index (κ3) is 4.86. The maximum atomic E-state index is 12.3. The zero-order valence-corrected chi connectivity index (χ0v) is 17.8. The van der Waals surface area contributed by atoms with Crippen LogP contribution in [0.3, 0.4) is 0 Å². The van der Waals surface area contributed by atoms with Crippen molar-refractivity contribution in [2.24, 2.45) is 5.73 Å². The summed E-state index contributed by atoms with van der Waals surface area (Å²) >= 11 is 0. The van der Waals surface area contributed by atoms with E-state index >= 15 is 0 Å². The van der Waals surface area contributed by atoms with Gasteiger partial charge in [-0.25, -0.2) is 4.98 Å². The van der Waals surface area contributed by atoms with Gasteiger partial charge in [0, 0.05) is 30.9 Å². The number of benzene rings is 3. The van der Waals surface area contributed by atoms with E-state index in [9.17, 15) is 4.79 Å². The van der Waals surface area contributed by atoms with Gasteiger partial charge in [0.15, 0.2) is 5.58 Å². The molecule has 1 heterocycles. The molecule has 0 saturated heterocycles. The molecule has 0 bridgehead atoms. The molecule has 0 aliphatic carbocycles. The lowest BCUT2D eigenvalue weighted by atomic mass is 10.1. The van der Waals surface area contributed by atoms with Crippen LogP contribution in [0.5, 0.6) is 0 Å². The Kier molecular flexibility index (Phi) is 6.48. The fraction of sp³-hybridized carbons (Fsp3) is 0.280. The van der Waals surface area contributed by atoms with E-state index in [0.29, 0.717) is 25.5 Å². The maximum absolute atomic E-state index is 12.3. The Morgan fingerprint density at radius 3 is 2.71 bits per heavy atom.